The number of carbonyl (C=O) groups is 2. The molecule has 3 rings (SSSR count). The molecule has 0 aliphatic heterocycles. The number of nitrogens with zero attached hydrogens (tertiary/aromatic N) is 2. The van der Waals surface area contributed by atoms with E-state index in [1.807, 2.05) is 45.0 Å². The minimum absolute atomic E-state index is 0.322. The van der Waals surface area contributed by atoms with E-state index in [4.69, 9.17) is 16.3 Å². The molecule has 31 heavy (non-hydrogen) atoms. The molecule has 0 aliphatic rings. The van der Waals surface area contributed by atoms with Gasteiger partial charge in [0.1, 0.15) is 5.75 Å². The van der Waals surface area contributed by atoms with E-state index >= 15 is 0 Å². The van der Waals surface area contributed by atoms with E-state index in [0.29, 0.717) is 16.5 Å². The molecule has 2 amide bonds. The van der Waals surface area contributed by atoms with Gasteiger partial charge in [-0.05, 0) is 62.7 Å². The number of methoxy groups -OCH3 is 1. The fourth-order valence-electron chi connectivity index (χ4n) is 3.23. The lowest BCUT2D eigenvalue weighted by molar-refractivity contribution is -0.136. The van der Waals surface area contributed by atoms with Crippen LogP contribution in [0.25, 0.3) is 5.69 Å². The third-order valence-corrected chi connectivity index (χ3v) is 5.01. The van der Waals surface area contributed by atoms with Crippen molar-refractivity contribution in [3.05, 3.63) is 76.1 Å². The van der Waals surface area contributed by atoms with Gasteiger partial charge in [0.25, 0.3) is 0 Å². The van der Waals surface area contributed by atoms with Crippen LogP contribution in [-0.4, -0.2) is 29.7 Å². The number of ether oxygens (including phenoxy) is 1. The van der Waals surface area contributed by atoms with Gasteiger partial charge in [0, 0.05) is 28.3 Å². The molecule has 0 fully saturated rings. The highest BCUT2D eigenvalue weighted by Gasteiger charge is 2.14. The number of benzene rings is 2. The molecular weight excluding hydrogens is 416 g/mol. The summed E-state index contributed by atoms with van der Waals surface area (Å²) < 4.78 is 7.16. The summed E-state index contributed by atoms with van der Waals surface area (Å²) in [6, 6.07) is 14.8. The van der Waals surface area contributed by atoms with Gasteiger partial charge in [-0.1, -0.05) is 23.7 Å². The SMILES string of the molecule is COc1ccc(NC(=O)C(=O)N/N=C\c2cc(C)n(-c3cccc(C)c3)c2C)cc1Cl. The number of rotatable bonds is 5. The molecule has 1 heterocycles. The lowest BCUT2D eigenvalue weighted by Gasteiger charge is -2.10. The predicted octanol–water partition coefficient (Wildman–Crippen LogP) is 4.15. The molecule has 0 spiro atoms. The van der Waals surface area contributed by atoms with Crippen molar-refractivity contribution in [2.45, 2.75) is 20.8 Å². The van der Waals surface area contributed by atoms with E-state index in [9.17, 15) is 9.59 Å². The second-order valence-corrected chi connectivity index (χ2v) is 7.41. The van der Waals surface area contributed by atoms with E-state index in [0.717, 1.165) is 28.2 Å². The Morgan fingerprint density at radius 2 is 1.84 bits per heavy atom. The van der Waals surface area contributed by atoms with Crippen molar-refractivity contribution >= 4 is 35.3 Å². The van der Waals surface area contributed by atoms with E-state index in [2.05, 4.69) is 26.5 Å². The molecule has 8 heteroatoms. The lowest BCUT2D eigenvalue weighted by Crippen LogP contribution is -2.32. The van der Waals surface area contributed by atoms with E-state index in [-0.39, 0.29) is 0 Å². The fraction of sp³-hybridized carbons (Fsp3) is 0.174. The highest BCUT2D eigenvalue weighted by molar-refractivity contribution is 6.40. The molecule has 0 saturated carbocycles. The molecule has 0 aliphatic carbocycles. The number of aryl methyl sites for hydroxylation is 2. The van der Waals surface area contributed by atoms with E-state index < -0.39 is 11.8 Å². The van der Waals surface area contributed by atoms with Gasteiger partial charge in [-0.25, -0.2) is 5.43 Å². The van der Waals surface area contributed by atoms with Crippen LogP contribution in [-0.2, 0) is 9.59 Å². The average molecular weight is 439 g/mol. The van der Waals surface area contributed by atoms with Gasteiger partial charge < -0.3 is 14.6 Å². The van der Waals surface area contributed by atoms with Crippen LogP contribution >= 0.6 is 11.6 Å². The Labute approximate surface area is 185 Å². The Balaban J connectivity index is 1.66. The number of halogens is 1. The minimum Gasteiger partial charge on any atom is -0.495 e. The highest BCUT2D eigenvalue weighted by Crippen LogP contribution is 2.27. The summed E-state index contributed by atoms with van der Waals surface area (Å²) in [7, 11) is 1.49. The Hall–Kier alpha value is -3.58. The van der Waals surface area contributed by atoms with Gasteiger partial charge in [0.15, 0.2) is 0 Å². The number of carbonyl (C=O) groups excluding carboxylic acids is 2. The molecule has 2 N–H and O–H groups in total. The summed E-state index contributed by atoms with van der Waals surface area (Å²) in [5.41, 5.74) is 7.67. The Kier molecular flexibility index (Phi) is 6.77. The van der Waals surface area contributed by atoms with Gasteiger partial charge in [-0.3, -0.25) is 9.59 Å². The molecule has 1 aromatic heterocycles. The molecule has 7 nitrogen and oxygen atoms in total. The maximum Gasteiger partial charge on any atom is 0.329 e. The van der Waals surface area contributed by atoms with Crippen LogP contribution in [0.2, 0.25) is 5.02 Å². The summed E-state index contributed by atoms with van der Waals surface area (Å²) >= 11 is 6.02. The zero-order valence-corrected chi connectivity index (χ0v) is 18.4. The molecule has 0 radical (unpaired) electrons. The Bertz CT molecular complexity index is 1170. The molecule has 0 bridgehead atoms. The first-order chi connectivity index (χ1) is 14.8. The quantitative estimate of drug-likeness (QED) is 0.356. The largest absolute Gasteiger partial charge is 0.495 e. The van der Waals surface area contributed by atoms with Crippen molar-refractivity contribution in [1.29, 1.82) is 0 Å². The van der Waals surface area contributed by atoms with Crippen molar-refractivity contribution in [3.63, 3.8) is 0 Å². The highest BCUT2D eigenvalue weighted by atomic mass is 35.5. The van der Waals surface area contributed by atoms with E-state index in [1.165, 1.54) is 19.4 Å². The van der Waals surface area contributed by atoms with Crippen LogP contribution in [0.15, 0.2) is 53.6 Å². The number of nitrogens with one attached hydrogen (secondary N) is 2. The summed E-state index contributed by atoms with van der Waals surface area (Å²) in [5, 5.41) is 6.72. The van der Waals surface area contributed by atoms with Gasteiger partial charge in [0.2, 0.25) is 0 Å². The number of amides is 2. The van der Waals surface area contributed by atoms with Gasteiger partial charge in [0.05, 0.1) is 18.3 Å². The van der Waals surface area contributed by atoms with Crippen LogP contribution in [0.1, 0.15) is 22.5 Å². The van der Waals surface area contributed by atoms with Crippen molar-refractivity contribution < 1.29 is 14.3 Å². The molecule has 0 unspecified atom stereocenters. The monoisotopic (exact) mass is 438 g/mol. The smallest absolute Gasteiger partial charge is 0.329 e. The number of hydrogen-bond donors (Lipinski definition) is 2. The van der Waals surface area contributed by atoms with Crippen molar-refractivity contribution in [2.24, 2.45) is 5.10 Å². The molecule has 2 aromatic carbocycles. The second-order valence-electron chi connectivity index (χ2n) is 7.00. The van der Waals surface area contributed by atoms with E-state index in [1.54, 1.807) is 12.1 Å². The molecule has 0 saturated heterocycles. The first kappa shape index (κ1) is 22.1. The summed E-state index contributed by atoms with van der Waals surface area (Å²) in [6.45, 7) is 6.01. The van der Waals surface area contributed by atoms with Crippen LogP contribution in [0.3, 0.4) is 0 Å². The second kappa shape index (κ2) is 9.49. The standard InChI is InChI=1S/C23H23ClN4O3/c1-14-6-5-7-19(10-14)28-15(2)11-17(16(28)3)13-25-27-23(30)22(29)26-18-8-9-21(31-4)20(24)12-18/h5-13H,1-4H3,(H,26,29)(H,27,30)/b25-13-. The lowest BCUT2D eigenvalue weighted by atomic mass is 10.2. The average Bonchev–Trinajstić information content (AvgIpc) is 3.01. The van der Waals surface area contributed by atoms with Crippen LogP contribution in [0.4, 0.5) is 5.69 Å². The topological polar surface area (TPSA) is 84.7 Å². The van der Waals surface area contributed by atoms with Crippen molar-refractivity contribution in [3.8, 4) is 11.4 Å². The van der Waals surface area contributed by atoms with Gasteiger partial charge >= 0.3 is 11.8 Å². The molecular formula is C23H23ClN4O3. The zero-order chi connectivity index (χ0) is 22.5. The first-order valence-electron chi connectivity index (χ1n) is 9.54. The minimum atomic E-state index is -0.893. The summed E-state index contributed by atoms with van der Waals surface area (Å²) in [4.78, 5) is 24.1. The number of anilines is 1. The maximum atomic E-state index is 12.1. The summed E-state index contributed by atoms with van der Waals surface area (Å²) in [6.07, 6.45) is 1.52. The van der Waals surface area contributed by atoms with Crippen LogP contribution in [0, 0.1) is 20.8 Å². The van der Waals surface area contributed by atoms with Gasteiger partial charge in [-0.2, -0.15) is 5.10 Å². The number of aromatic nitrogens is 1. The van der Waals surface area contributed by atoms with Crippen molar-refractivity contribution in [2.75, 3.05) is 12.4 Å². The summed E-state index contributed by atoms with van der Waals surface area (Å²) in [5.74, 6) is -1.28. The normalized spacial score (nSPS) is 10.9. The Morgan fingerprint density at radius 1 is 1.06 bits per heavy atom. The fourth-order valence-corrected chi connectivity index (χ4v) is 3.48. The molecule has 0 atom stereocenters. The molecule has 160 valence electrons. The van der Waals surface area contributed by atoms with Crippen molar-refractivity contribution in [1.82, 2.24) is 9.99 Å². The third-order valence-electron chi connectivity index (χ3n) is 4.72. The van der Waals surface area contributed by atoms with Crippen LogP contribution < -0.4 is 15.5 Å². The predicted molar refractivity (Wildman–Crippen MR) is 122 cm³/mol. The number of hydrazone groups is 1. The molecule has 3 aromatic rings. The van der Waals surface area contributed by atoms with Gasteiger partial charge in [-0.15, -0.1) is 0 Å². The zero-order valence-electron chi connectivity index (χ0n) is 17.7. The number of hydrogen-bond acceptors (Lipinski definition) is 4. The first-order valence-corrected chi connectivity index (χ1v) is 9.92. The third kappa shape index (κ3) is 5.13. The van der Waals surface area contributed by atoms with Crippen LogP contribution in [0.5, 0.6) is 5.75 Å². The Morgan fingerprint density at radius 3 is 2.52 bits per heavy atom. The maximum absolute atomic E-state index is 12.1.